The first-order valence-corrected chi connectivity index (χ1v) is 6.65. The number of fused-ring (bicyclic) bond motifs is 1. The van der Waals surface area contributed by atoms with Gasteiger partial charge in [-0.15, -0.1) is 0 Å². The molecule has 0 bridgehead atoms. The van der Waals surface area contributed by atoms with Crippen LogP contribution in [-0.4, -0.2) is 41.8 Å². The summed E-state index contributed by atoms with van der Waals surface area (Å²) in [6.45, 7) is 2.61. The molecule has 0 saturated carbocycles. The molecule has 1 saturated heterocycles. The van der Waals surface area contributed by atoms with Crippen molar-refractivity contribution in [3.8, 4) is 6.07 Å². The molecule has 1 aromatic heterocycles. The zero-order valence-electron chi connectivity index (χ0n) is 11.3. The van der Waals surface area contributed by atoms with Crippen LogP contribution in [0.1, 0.15) is 16.1 Å². The predicted molar refractivity (Wildman–Crippen MR) is 73.8 cm³/mol. The van der Waals surface area contributed by atoms with E-state index in [1.54, 1.807) is 6.07 Å². The molecule has 1 fully saturated rings. The molecular formula is C15H14N2O4. The number of carboxylic acids is 1. The molecule has 2 aromatic rings. The SMILES string of the molecule is N#CC1CN(Cc2ccc3oc(C(=O)O)cc3c2)CCO1. The monoisotopic (exact) mass is 286 g/mol. The Morgan fingerprint density at radius 1 is 1.48 bits per heavy atom. The van der Waals surface area contributed by atoms with Crippen LogP contribution in [0.3, 0.4) is 0 Å². The number of hydrogen-bond donors (Lipinski definition) is 1. The van der Waals surface area contributed by atoms with Crippen molar-refractivity contribution < 1.29 is 19.1 Å². The number of carboxylic acid groups (broad SMARTS) is 1. The minimum absolute atomic E-state index is 0.0573. The first kappa shape index (κ1) is 13.6. The lowest BCUT2D eigenvalue weighted by molar-refractivity contribution is -0.00268. The minimum Gasteiger partial charge on any atom is -0.475 e. The van der Waals surface area contributed by atoms with E-state index in [1.807, 2.05) is 12.1 Å². The number of ether oxygens (including phenoxy) is 1. The molecule has 6 heteroatoms. The number of morpholine rings is 1. The Balaban J connectivity index is 1.78. The van der Waals surface area contributed by atoms with Crippen LogP contribution in [0.5, 0.6) is 0 Å². The van der Waals surface area contributed by atoms with Crippen LogP contribution >= 0.6 is 0 Å². The molecular weight excluding hydrogens is 272 g/mol. The van der Waals surface area contributed by atoms with Gasteiger partial charge in [-0.1, -0.05) is 6.07 Å². The van der Waals surface area contributed by atoms with E-state index in [9.17, 15) is 4.79 Å². The number of carbonyl (C=O) groups is 1. The number of benzene rings is 1. The Bertz CT molecular complexity index is 716. The van der Waals surface area contributed by atoms with Crippen molar-refractivity contribution in [2.45, 2.75) is 12.6 Å². The van der Waals surface area contributed by atoms with Gasteiger partial charge in [-0.05, 0) is 23.8 Å². The molecule has 1 aromatic carbocycles. The molecule has 1 atom stereocenters. The van der Waals surface area contributed by atoms with E-state index >= 15 is 0 Å². The van der Waals surface area contributed by atoms with Crippen LogP contribution in [0.2, 0.25) is 0 Å². The molecule has 6 nitrogen and oxygen atoms in total. The molecule has 21 heavy (non-hydrogen) atoms. The summed E-state index contributed by atoms with van der Waals surface area (Å²) >= 11 is 0. The number of aromatic carboxylic acids is 1. The highest BCUT2D eigenvalue weighted by Gasteiger charge is 2.20. The normalized spacial score (nSPS) is 19.5. The summed E-state index contributed by atoms with van der Waals surface area (Å²) in [6.07, 6.45) is -0.380. The first-order valence-electron chi connectivity index (χ1n) is 6.65. The maximum Gasteiger partial charge on any atom is 0.371 e. The van der Waals surface area contributed by atoms with Crippen LogP contribution in [-0.2, 0) is 11.3 Å². The number of nitriles is 1. The number of rotatable bonds is 3. The fraction of sp³-hybridized carbons (Fsp3) is 0.333. The summed E-state index contributed by atoms with van der Waals surface area (Å²) in [5.41, 5.74) is 1.62. The molecule has 2 heterocycles. The fourth-order valence-electron chi connectivity index (χ4n) is 2.48. The van der Waals surface area contributed by atoms with E-state index in [2.05, 4.69) is 11.0 Å². The largest absolute Gasteiger partial charge is 0.475 e. The molecule has 3 rings (SSSR count). The van der Waals surface area contributed by atoms with Crippen molar-refractivity contribution in [2.75, 3.05) is 19.7 Å². The third-order valence-corrected chi connectivity index (χ3v) is 3.49. The van der Waals surface area contributed by atoms with Gasteiger partial charge in [0.25, 0.3) is 0 Å². The number of hydrogen-bond acceptors (Lipinski definition) is 5. The second-order valence-corrected chi connectivity index (χ2v) is 5.01. The highest BCUT2D eigenvalue weighted by molar-refractivity contribution is 5.91. The van der Waals surface area contributed by atoms with Crippen molar-refractivity contribution in [1.82, 2.24) is 4.90 Å². The molecule has 1 unspecified atom stereocenters. The van der Waals surface area contributed by atoms with Crippen molar-refractivity contribution in [3.05, 3.63) is 35.6 Å². The summed E-state index contributed by atoms with van der Waals surface area (Å²) in [6, 6.07) is 9.25. The van der Waals surface area contributed by atoms with Crippen molar-refractivity contribution in [3.63, 3.8) is 0 Å². The zero-order chi connectivity index (χ0) is 14.8. The highest BCUT2D eigenvalue weighted by Crippen LogP contribution is 2.22. The van der Waals surface area contributed by atoms with Crippen LogP contribution in [0.15, 0.2) is 28.7 Å². The third-order valence-electron chi connectivity index (χ3n) is 3.49. The Hall–Kier alpha value is -2.36. The van der Waals surface area contributed by atoms with Crippen LogP contribution in [0, 0.1) is 11.3 Å². The summed E-state index contributed by atoms with van der Waals surface area (Å²) in [5.74, 6) is -1.13. The quantitative estimate of drug-likeness (QED) is 0.926. The van der Waals surface area contributed by atoms with Crippen molar-refractivity contribution in [2.24, 2.45) is 0 Å². The predicted octanol–water partition coefficient (Wildman–Crippen LogP) is 1.86. The molecule has 0 radical (unpaired) electrons. The van der Waals surface area contributed by atoms with E-state index < -0.39 is 5.97 Å². The Kier molecular flexibility index (Phi) is 3.60. The van der Waals surface area contributed by atoms with E-state index in [0.29, 0.717) is 25.3 Å². The molecule has 0 amide bonds. The maximum absolute atomic E-state index is 10.9. The van der Waals surface area contributed by atoms with Crippen molar-refractivity contribution >= 4 is 16.9 Å². The lowest BCUT2D eigenvalue weighted by Crippen LogP contribution is -2.41. The van der Waals surface area contributed by atoms with Crippen molar-refractivity contribution in [1.29, 1.82) is 5.26 Å². The van der Waals surface area contributed by atoms with Crippen LogP contribution in [0.25, 0.3) is 11.0 Å². The third kappa shape index (κ3) is 2.89. The molecule has 1 N–H and O–H groups in total. The molecule has 1 aliphatic heterocycles. The van der Waals surface area contributed by atoms with Gasteiger partial charge in [0.2, 0.25) is 5.76 Å². The summed E-state index contributed by atoms with van der Waals surface area (Å²) < 4.78 is 10.5. The van der Waals surface area contributed by atoms with Crippen LogP contribution in [0.4, 0.5) is 0 Å². The average molecular weight is 286 g/mol. The van der Waals surface area contributed by atoms with E-state index in [-0.39, 0.29) is 11.9 Å². The van der Waals surface area contributed by atoms with E-state index in [1.165, 1.54) is 6.07 Å². The maximum atomic E-state index is 10.9. The van der Waals surface area contributed by atoms with Gasteiger partial charge in [-0.25, -0.2) is 4.79 Å². The van der Waals surface area contributed by atoms with Gasteiger partial charge < -0.3 is 14.3 Å². The van der Waals surface area contributed by atoms with Gasteiger partial charge in [-0.3, -0.25) is 4.90 Å². The van der Waals surface area contributed by atoms with Gasteiger partial charge >= 0.3 is 5.97 Å². The minimum atomic E-state index is -1.07. The standard InChI is InChI=1S/C15H14N2O4/c16-7-12-9-17(3-4-20-12)8-10-1-2-13-11(5-10)6-14(21-13)15(18)19/h1-2,5-6,12H,3-4,8-9H2,(H,18,19). The first-order chi connectivity index (χ1) is 10.2. The molecule has 0 spiro atoms. The van der Waals surface area contributed by atoms with E-state index in [0.717, 1.165) is 17.5 Å². The fourth-order valence-corrected chi connectivity index (χ4v) is 2.48. The smallest absolute Gasteiger partial charge is 0.371 e. The average Bonchev–Trinajstić information content (AvgIpc) is 2.91. The Labute approximate surface area is 121 Å². The molecule has 108 valence electrons. The lowest BCUT2D eigenvalue weighted by Gasteiger charge is -2.29. The highest BCUT2D eigenvalue weighted by atomic mass is 16.5. The second kappa shape index (κ2) is 5.56. The Morgan fingerprint density at radius 2 is 2.33 bits per heavy atom. The van der Waals surface area contributed by atoms with Gasteiger partial charge in [0.05, 0.1) is 12.7 Å². The topological polar surface area (TPSA) is 86.7 Å². The summed E-state index contributed by atoms with van der Waals surface area (Å²) in [7, 11) is 0. The zero-order valence-corrected chi connectivity index (χ0v) is 11.3. The summed E-state index contributed by atoms with van der Waals surface area (Å²) in [5, 5.41) is 18.6. The Morgan fingerprint density at radius 3 is 3.10 bits per heavy atom. The summed E-state index contributed by atoms with van der Waals surface area (Å²) in [4.78, 5) is 13.0. The van der Waals surface area contributed by atoms with Gasteiger partial charge in [0.15, 0.2) is 6.10 Å². The van der Waals surface area contributed by atoms with Gasteiger partial charge in [0, 0.05) is 25.0 Å². The number of furan rings is 1. The second-order valence-electron chi connectivity index (χ2n) is 5.01. The van der Waals surface area contributed by atoms with Crippen LogP contribution < -0.4 is 0 Å². The molecule has 1 aliphatic rings. The van der Waals surface area contributed by atoms with E-state index in [4.69, 9.17) is 19.5 Å². The lowest BCUT2D eigenvalue weighted by atomic mass is 10.1. The van der Waals surface area contributed by atoms with Gasteiger partial charge in [0.1, 0.15) is 5.58 Å². The molecule has 0 aliphatic carbocycles. The number of nitrogens with zero attached hydrogens (tertiary/aromatic N) is 2. The van der Waals surface area contributed by atoms with Gasteiger partial charge in [-0.2, -0.15) is 5.26 Å².